The van der Waals surface area contributed by atoms with Crippen LogP contribution in [0.2, 0.25) is 0 Å². The van der Waals surface area contributed by atoms with Crippen LogP contribution in [0.15, 0.2) is 66.2 Å². The third kappa shape index (κ3) is 4.85. The minimum Gasteiger partial charge on any atom is -0.508 e. The molecule has 186 valence electrons. The second-order valence-corrected chi connectivity index (χ2v) is 9.60. The lowest BCUT2D eigenvalue weighted by atomic mass is 9.94. The first-order valence-electron chi connectivity index (χ1n) is 12.0. The highest BCUT2D eigenvalue weighted by Crippen LogP contribution is 2.41. The van der Waals surface area contributed by atoms with E-state index in [1.165, 1.54) is 17.0 Å². The zero-order chi connectivity index (χ0) is 26.1. The van der Waals surface area contributed by atoms with Gasteiger partial charge in [-0.1, -0.05) is 35.9 Å². The molecule has 4 rings (SSSR count). The molecule has 6 heteroatoms. The van der Waals surface area contributed by atoms with Crippen LogP contribution >= 0.6 is 0 Å². The highest BCUT2D eigenvalue weighted by molar-refractivity contribution is 6.46. The summed E-state index contributed by atoms with van der Waals surface area (Å²) in [7, 11) is 0. The zero-order valence-corrected chi connectivity index (χ0v) is 21.2. The van der Waals surface area contributed by atoms with Crippen LogP contribution in [0.1, 0.15) is 53.3 Å². The van der Waals surface area contributed by atoms with Crippen LogP contribution in [0.4, 0.5) is 0 Å². The number of hydrogen-bond acceptors (Lipinski definition) is 5. The summed E-state index contributed by atoms with van der Waals surface area (Å²) < 4.78 is 5.80. The Morgan fingerprint density at radius 2 is 1.64 bits per heavy atom. The van der Waals surface area contributed by atoms with Gasteiger partial charge in [-0.25, -0.2) is 0 Å². The molecule has 0 spiro atoms. The van der Waals surface area contributed by atoms with Crippen LogP contribution in [0.5, 0.6) is 11.5 Å². The van der Waals surface area contributed by atoms with Crippen molar-refractivity contribution in [1.29, 1.82) is 0 Å². The Morgan fingerprint density at radius 3 is 2.28 bits per heavy atom. The van der Waals surface area contributed by atoms with Crippen molar-refractivity contribution in [3.63, 3.8) is 0 Å². The molecular weight excluding hydrogens is 454 g/mol. The van der Waals surface area contributed by atoms with Gasteiger partial charge in [0.15, 0.2) is 0 Å². The van der Waals surface area contributed by atoms with Gasteiger partial charge in [-0.05, 0) is 87.2 Å². The number of ether oxygens (including phenoxy) is 1. The number of Topliss-reactive ketones (excluding diaryl/α,β-unsaturated/α-hetero) is 1. The van der Waals surface area contributed by atoms with Gasteiger partial charge in [-0.2, -0.15) is 0 Å². The van der Waals surface area contributed by atoms with E-state index in [1.54, 1.807) is 30.3 Å². The molecule has 1 unspecified atom stereocenters. The second-order valence-electron chi connectivity index (χ2n) is 9.60. The van der Waals surface area contributed by atoms with Gasteiger partial charge in [-0.3, -0.25) is 9.59 Å². The molecule has 1 heterocycles. The highest BCUT2D eigenvalue weighted by Gasteiger charge is 2.46. The fourth-order valence-electron chi connectivity index (χ4n) is 4.54. The van der Waals surface area contributed by atoms with Crippen molar-refractivity contribution in [2.24, 2.45) is 0 Å². The molecular formula is C30H31NO5. The smallest absolute Gasteiger partial charge is 0.295 e. The monoisotopic (exact) mass is 485 g/mol. The number of aliphatic hydroxyl groups is 1. The zero-order valence-electron chi connectivity index (χ0n) is 21.2. The van der Waals surface area contributed by atoms with Crippen LogP contribution in [-0.2, 0) is 16.1 Å². The largest absolute Gasteiger partial charge is 0.508 e. The summed E-state index contributed by atoms with van der Waals surface area (Å²) >= 11 is 0. The summed E-state index contributed by atoms with van der Waals surface area (Å²) in [6.45, 7) is 9.88. The van der Waals surface area contributed by atoms with E-state index in [1.807, 2.05) is 52.8 Å². The standard InChI is InChI=1S/C30H31NO5/c1-17(2)36-25-13-10-22(15-20(25)5)28(33)26-27(21-8-11-24(32)12-9-21)31(30(35)29(26)34)16-23-14-18(3)6-7-19(23)4/h6-15,17,27,32-33H,16H2,1-5H3/b28-26-. The fourth-order valence-corrected chi connectivity index (χ4v) is 4.54. The molecule has 0 aliphatic carbocycles. The molecule has 1 amide bonds. The summed E-state index contributed by atoms with van der Waals surface area (Å²) in [5.74, 6) is -0.897. The lowest BCUT2D eigenvalue weighted by Crippen LogP contribution is -2.29. The molecule has 3 aromatic carbocycles. The van der Waals surface area contributed by atoms with Gasteiger partial charge in [0.2, 0.25) is 0 Å². The van der Waals surface area contributed by atoms with Gasteiger partial charge in [0.25, 0.3) is 11.7 Å². The number of likely N-dealkylation sites (tertiary alicyclic amines) is 1. The van der Waals surface area contributed by atoms with E-state index < -0.39 is 17.7 Å². The molecule has 0 saturated carbocycles. The molecule has 1 saturated heterocycles. The Morgan fingerprint density at radius 1 is 0.944 bits per heavy atom. The molecule has 1 aliphatic rings. The number of carbonyl (C=O) groups is 2. The van der Waals surface area contributed by atoms with E-state index >= 15 is 0 Å². The number of benzene rings is 3. The van der Waals surface area contributed by atoms with Gasteiger partial charge in [0.1, 0.15) is 17.3 Å². The maximum atomic E-state index is 13.3. The van der Waals surface area contributed by atoms with Crippen LogP contribution in [0, 0.1) is 20.8 Å². The van der Waals surface area contributed by atoms with Gasteiger partial charge in [0.05, 0.1) is 17.7 Å². The topological polar surface area (TPSA) is 87.1 Å². The Kier molecular flexibility index (Phi) is 6.88. The van der Waals surface area contributed by atoms with Crippen molar-refractivity contribution in [3.05, 3.63) is 99.6 Å². The van der Waals surface area contributed by atoms with E-state index in [2.05, 4.69) is 0 Å². The minimum absolute atomic E-state index is 0.00644. The number of amides is 1. The number of phenols is 1. The Bertz CT molecular complexity index is 1350. The molecule has 0 aromatic heterocycles. The molecule has 6 nitrogen and oxygen atoms in total. The van der Waals surface area contributed by atoms with Gasteiger partial charge in [-0.15, -0.1) is 0 Å². The predicted molar refractivity (Wildman–Crippen MR) is 139 cm³/mol. The summed E-state index contributed by atoms with van der Waals surface area (Å²) in [6.07, 6.45) is -0.00644. The average Bonchev–Trinajstić information content (AvgIpc) is 3.07. The van der Waals surface area contributed by atoms with Gasteiger partial charge in [0, 0.05) is 12.1 Å². The van der Waals surface area contributed by atoms with E-state index in [4.69, 9.17) is 4.74 Å². The SMILES string of the molecule is Cc1ccc(C)c(CN2C(=O)C(=O)/C(=C(\O)c3ccc(OC(C)C)c(C)c3)C2c2ccc(O)cc2)c1. The Balaban J connectivity index is 1.84. The fraction of sp³-hybridized carbons (Fsp3) is 0.267. The summed E-state index contributed by atoms with van der Waals surface area (Å²) in [5.41, 5.74) is 4.85. The minimum atomic E-state index is -0.808. The molecule has 1 aliphatic heterocycles. The third-order valence-corrected chi connectivity index (χ3v) is 6.41. The maximum Gasteiger partial charge on any atom is 0.295 e. The first kappa shape index (κ1) is 25.0. The van der Waals surface area contributed by atoms with Gasteiger partial charge >= 0.3 is 0 Å². The van der Waals surface area contributed by atoms with Crippen molar-refractivity contribution in [3.8, 4) is 11.5 Å². The number of ketones is 1. The van der Waals surface area contributed by atoms with Crippen molar-refractivity contribution in [2.45, 2.75) is 53.3 Å². The first-order valence-corrected chi connectivity index (χ1v) is 12.0. The van der Waals surface area contributed by atoms with Crippen molar-refractivity contribution in [1.82, 2.24) is 4.90 Å². The summed E-state index contributed by atoms with van der Waals surface area (Å²) in [6, 6.07) is 16.7. The number of aryl methyl sites for hydroxylation is 3. The summed E-state index contributed by atoms with van der Waals surface area (Å²) in [5, 5.41) is 21.2. The Labute approximate surface area is 211 Å². The first-order chi connectivity index (χ1) is 17.1. The lowest BCUT2D eigenvalue weighted by molar-refractivity contribution is -0.140. The van der Waals surface area contributed by atoms with Gasteiger partial charge < -0.3 is 19.8 Å². The molecule has 0 radical (unpaired) electrons. The third-order valence-electron chi connectivity index (χ3n) is 6.41. The number of hydrogen-bond donors (Lipinski definition) is 2. The molecule has 36 heavy (non-hydrogen) atoms. The van der Waals surface area contributed by atoms with Crippen molar-refractivity contribution < 1.29 is 24.5 Å². The van der Waals surface area contributed by atoms with Crippen LogP contribution in [0.25, 0.3) is 5.76 Å². The molecule has 1 fully saturated rings. The van der Waals surface area contributed by atoms with E-state index in [9.17, 15) is 19.8 Å². The van der Waals surface area contributed by atoms with Crippen molar-refractivity contribution in [2.75, 3.05) is 0 Å². The van der Waals surface area contributed by atoms with E-state index in [-0.39, 0.29) is 29.7 Å². The molecule has 3 aromatic rings. The lowest BCUT2D eigenvalue weighted by Gasteiger charge is -2.26. The maximum absolute atomic E-state index is 13.3. The average molecular weight is 486 g/mol. The normalized spacial score (nSPS) is 17.2. The van der Waals surface area contributed by atoms with Crippen LogP contribution in [0.3, 0.4) is 0 Å². The number of nitrogens with zero attached hydrogens (tertiary/aromatic N) is 1. The van der Waals surface area contributed by atoms with Crippen LogP contribution < -0.4 is 4.74 Å². The molecule has 1 atom stereocenters. The van der Waals surface area contributed by atoms with E-state index in [0.29, 0.717) is 16.9 Å². The quantitative estimate of drug-likeness (QED) is 0.265. The Hall–Kier alpha value is -4.06. The van der Waals surface area contributed by atoms with Crippen LogP contribution in [-0.4, -0.2) is 32.9 Å². The highest BCUT2D eigenvalue weighted by atomic mass is 16.5. The number of aliphatic hydroxyl groups excluding tert-OH is 1. The van der Waals surface area contributed by atoms with E-state index in [0.717, 1.165) is 22.3 Å². The number of carbonyl (C=O) groups excluding carboxylic acids is 2. The predicted octanol–water partition coefficient (Wildman–Crippen LogP) is 5.73. The second kappa shape index (κ2) is 9.90. The molecule has 0 bridgehead atoms. The number of phenolic OH excluding ortho intramolecular Hbond substituents is 1. The van der Waals surface area contributed by atoms with Crippen molar-refractivity contribution >= 4 is 17.4 Å². The summed E-state index contributed by atoms with van der Waals surface area (Å²) in [4.78, 5) is 28.1. The molecule has 2 N–H and O–H groups in total. The number of aromatic hydroxyl groups is 1. The number of rotatable bonds is 6.